The van der Waals surface area contributed by atoms with Crippen molar-refractivity contribution in [2.24, 2.45) is 0 Å². The highest BCUT2D eigenvalue weighted by Crippen LogP contribution is 2.15. The maximum Gasteiger partial charge on any atom is 0.411 e. The van der Waals surface area contributed by atoms with Gasteiger partial charge in [-0.05, 0) is 43.5 Å². The Morgan fingerprint density at radius 1 is 1.43 bits per heavy atom. The van der Waals surface area contributed by atoms with E-state index in [9.17, 15) is 13.2 Å². The van der Waals surface area contributed by atoms with Crippen molar-refractivity contribution in [3.8, 4) is 0 Å². The first-order valence-electron chi connectivity index (χ1n) is 6.99. The number of anilines is 1. The van der Waals surface area contributed by atoms with Crippen molar-refractivity contribution in [2.75, 3.05) is 25.5 Å². The number of nitrogens with one attached hydrogen (secondary N) is 1. The molecule has 120 valence electrons. The van der Waals surface area contributed by atoms with Crippen LogP contribution in [-0.2, 0) is 11.2 Å². The van der Waals surface area contributed by atoms with Crippen molar-refractivity contribution in [3.05, 3.63) is 23.9 Å². The van der Waals surface area contributed by atoms with Crippen molar-refractivity contribution in [1.29, 1.82) is 0 Å². The molecule has 4 nitrogen and oxygen atoms in total. The number of alkyl halides is 3. The van der Waals surface area contributed by atoms with E-state index in [2.05, 4.69) is 15.0 Å². The Labute approximate surface area is 122 Å². The minimum atomic E-state index is -4.27. The number of nitrogens with zero attached hydrogens (tertiary/aromatic N) is 1. The minimum absolute atomic E-state index is 0.0555. The molecule has 1 atom stereocenters. The summed E-state index contributed by atoms with van der Waals surface area (Å²) in [6, 6.07) is 3.69. The van der Waals surface area contributed by atoms with Gasteiger partial charge >= 0.3 is 6.18 Å². The average molecular weight is 305 g/mol. The van der Waals surface area contributed by atoms with Crippen molar-refractivity contribution in [2.45, 2.75) is 38.4 Å². The molecule has 1 unspecified atom stereocenters. The molecular formula is C14H22F3N3O. The molecule has 0 fully saturated rings. The van der Waals surface area contributed by atoms with Gasteiger partial charge in [-0.25, -0.2) is 4.98 Å². The third-order valence-corrected chi connectivity index (χ3v) is 2.89. The fraction of sp³-hybridized carbons (Fsp3) is 0.643. The van der Waals surface area contributed by atoms with Crippen LogP contribution in [0.4, 0.5) is 19.0 Å². The highest BCUT2D eigenvalue weighted by atomic mass is 19.4. The van der Waals surface area contributed by atoms with Gasteiger partial charge < -0.3 is 15.8 Å². The van der Waals surface area contributed by atoms with E-state index in [-0.39, 0.29) is 12.6 Å². The molecule has 0 radical (unpaired) electrons. The Kier molecular flexibility index (Phi) is 7.45. The van der Waals surface area contributed by atoms with Crippen LogP contribution in [0.2, 0.25) is 0 Å². The van der Waals surface area contributed by atoms with Crippen LogP contribution in [0, 0.1) is 0 Å². The average Bonchev–Trinajstić information content (AvgIpc) is 2.39. The first kappa shape index (κ1) is 17.7. The molecule has 0 spiro atoms. The fourth-order valence-electron chi connectivity index (χ4n) is 1.94. The molecule has 0 aliphatic heterocycles. The van der Waals surface area contributed by atoms with Gasteiger partial charge in [0.2, 0.25) is 0 Å². The van der Waals surface area contributed by atoms with Crippen LogP contribution in [0.3, 0.4) is 0 Å². The Morgan fingerprint density at radius 2 is 2.19 bits per heavy atom. The maximum absolute atomic E-state index is 12.0. The second-order valence-corrected chi connectivity index (χ2v) is 4.90. The smallest absolute Gasteiger partial charge is 0.384 e. The molecular weight excluding hydrogens is 283 g/mol. The van der Waals surface area contributed by atoms with Gasteiger partial charge in [-0.3, -0.25) is 0 Å². The zero-order valence-electron chi connectivity index (χ0n) is 12.1. The molecule has 7 heteroatoms. The first-order chi connectivity index (χ1) is 9.90. The summed E-state index contributed by atoms with van der Waals surface area (Å²) < 4.78 is 40.7. The molecule has 0 bridgehead atoms. The Bertz CT molecular complexity index is 413. The zero-order valence-corrected chi connectivity index (χ0v) is 12.1. The fourth-order valence-corrected chi connectivity index (χ4v) is 1.94. The van der Waals surface area contributed by atoms with Crippen molar-refractivity contribution >= 4 is 5.82 Å². The summed E-state index contributed by atoms with van der Waals surface area (Å²) >= 11 is 0. The Balaban J connectivity index is 2.43. The number of aromatic nitrogens is 1. The lowest BCUT2D eigenvalue weighted by atomic mass is 10.0. The number of ether oxygens (including phenoxy) is 1. The van der Waals surface area contributed by atoms with E-state index in [1.54, 1.807) is 12.3 Å². The number of pyridine rings is 1. The molecule has 0 amide bonds. The van der Waals surface area contributed by atoms with Crippen LogP contribution in [0.1, 0.15) is 25.3 Å². The monoisotopic (exact) mass is 305 g/mol. The van der Waals surface area contributed by atoms with Gasteiger partial charge in [0, 0.05) is 18.8 Å². The summed E-state index contributed by atoms with van der Waals surface area (Å²) in [6.45, 7) is 1.72. The summed E-state index contributed by atoms with van der Waals surface area (Å²) in [6.07, 6.45) is -0.494. The summed E-state index contributed by atoms with van der Waals surface area (Å²) in [5.41, 5.74) is 6.63. The van der Waals surface area contributed by atoms with Gasteiger partial charge in [0.1, 0.15) is 12.4 Å². The highest BCUT2D eigenvalue weighted by Gasteiger charge is 2.27. The van der Waals surface area contributed by atoms with Crippen LogP contribution in [-0.4, -0.2) is 37.0 Å². The van der Waals surface area contributed by atoms with E-state index in [1.807, 2.05) is 13.0 Å². The number of hydrogen-bond donors (Lipinski definition) is 2. The lowest BCUT2D eigenvalue weighted by Gasteiger charge is -2.19. The van der Waals surface area contributed by atoms with Gasteiger partial charge in [0.15, 0.2) is 0 Å². The van der Waals surface area contributed by atoms with E-state index in [1.165, 1.54) is 0 Å². The second kappa shape index (κ2) is 8.84. The van der Waals surface area contributed by atoms with E-state index in [4.69, 9.17) is 5.73 Å². The van der Waals surface area contributed by atoms with Crippen molar-refractivity contribution < 1.29 is 17.9 Å². The lowest BCUT2D eigenvalue weighted by Crippen LogP contribution is -2.33. The SMILES string of the molecule is CCCNC(CCOCC(F)(F)F)Cc1ccnc(N)c1. The first-order valence-corrected chi connectivity index (χ1v) is 6.99. The topological polar surface area (TPSA) is 60.2 Å². The standard InChI is InChI=1S/C14H22F3N3O/c1-2-5-19-12(4-7-21-10-14(15,16)17)8-11-3-6-20-13(18)9-11/h3,6,9,12,19H,2,4-5,7-8,10H2,1H3,(H2,18,20). The number of rotatable bonds is 9. The lowest BCUT2D eigenvalue weighted by molar-refractivity contribution is -0.174. The molecule has 0 aliphatic carbocycles. The third kappa shape index (κ3) is 8.52. The molecule has 1 aromatic rings. The molecule has 21 heavy (non-hydrogen) atoms. The van der Waals surface area contributed by atoms with Crippen molar-refractivity contribution in [3.63, 3.8) is 0 Å². The largest absolute Gasteiger partial charge is 0.411 e. The molecule has 0 saturated heterocycles. The molecule has 0 aromatic carbocycles. The van der Waals surface area contributed by atoms with Crippen LogP contribution >= 0.6 is 0 Å². The minimum Gasteiger partial charge on any atom is -0.384 e. The van der Waals surface area contributed by atoms with Gasteiger partial charge in [-0.15, -0.1) is 0 Å². The Hall–Kier alpha value is -1.34. The van der Waals surface area contributed by atoms with E-state index in [0.717, 1.165) is 18.5 Å². The molecule has 1 rings (SSSR count). The van der Waals surface area contributed by atoms with Gasteiger partial charge in [0.25, 0.3) is 0 Å². The van der Waals surface area contributed by atoms with Crippen LogP contribution in [0.5, 0.6) is 0 Å². The van der Waals surface area contributed by atoms with Gasteiger partial charge in [0.05, 0.1) is 0 Å². The van der Waals surface area contributed by atoms with E-state index < -0.39 is 12.8 Å². The summed E-state index contributed by atoms with van der Waals surface area (Å²) in [4.78, 5) is 3.92. The molecule has 0 saturated carbocycles. The van der Waals surface area contributed by atoms with Crippen LogP contribution in [0.25, 0.3) is 0 Å². The predicted molar refractivity (Wildman–Crippen MR) is 75.9 cm³/mol. The third-order valence-electron chi connectivity index (χ3n) is 2.89. The normalized spacial score (nSPS) is 13.3. The molecule has 1 heterocycles. The highest BCUT2D eigenvalue weighted by molar-refractivity contribution is 5.32. The van der Waals surface area contributed by atoms with Crippen molar-refractivity contribution in [1.82, 2.24) is 10.3 Å². The van der Waals surface area contributed by atoms with Gasteiger partial charge in [-0.1, -0.05) is 6.92 Å². The Morgan fingerprint density at radius 3 is 2.81 bits per heavy atom. The van der Waals surface area contributed by atoms with Crippen LogP contribution in [0.15, 0.2) is 18.3 Å². The molecule has 3 N–H and O–H groups in total. The number of nitrogen functional groups attached to an aromatic ring is 1. The molecule has 1 aromatic heterocycles. The summed E-state index contributed by atoms with van der Waals surface area (Å²) in [5.74, 6) is 0.440. The predicted octanol–water partition coefficient (Wildman–Crippen LogP) is 2.54. The maximum atomic E-state index is 12.0. The van der Waals surface area contributed by atoms with E-state index >= 15 is 0 Å². The number of nitrogens with two attached hydrogens (primary N) is 1. The summed E-state index contributed by atoms with van der Waals surface area (Å²) in [5, 5.41) is 3.31. The second-order valence-electron chi connectivity index (χ2n) is 4.90. The number of halogens is 3. The van der Waals surface area contributed by atoms with Crippen LogP contribution < -0.4 is 11.1 Å². The van der Waals surface area contributed by atoms with Gasteiger partial charge in [-0.2, -0.15) is 13.2 Å². The zero-order chi connectivity index (χ0) is 15.7. The van der Waals surface area contributed by atoms with E-state index in [0.29, 0.717) is 18.7 Å². The quantitative estimate of drug-likeness (QED) is 0.688. The summed E-state index contributed by atoms with van der Waals surface area (Å²) in [7, 11) is 0. The molecule has 0 aliphatic rings. The number of hydrogen-bond acceptors (Lipinski definition) is 4.